The largest absolute Gasteiger partial charge is 0.330 e. The second kappa shape index (κ2) is 5.04. The number of likely N-dealkylation sites (tertiary alicyclic amines) is 1. The Morgan fingerprint density at radius 1 is 0.895 bits per heavy atom. The van der Waals surface area contributed by atoms with Gasteiger partial charge in [-0.25, -0.2) is 0 Å². The van der Waals surface area contributed by atoms with E-state index in [0.29, 0.717) is 0 Å². The highest BCUT2D eigenvalue weighted by molar-refractivity contribution is 5.00. The molecule has 5 fully saturated rings. The predicted molar refractivity (Wildman–Crippen MR) is 78.8 cm³/mol. The van der Waals surface area contributed by atoms with E-state index in [1.807, 2.05) is 0 Å². The maximum Gasteiger partial charge on any atom is 0.00246 e. The second-order valence-electron chi connectivity index (χ2n) is 8.01. The van der Waals surface area contributed by atoms with Crippen molar-refractivity contribution in [3.05, 3.63) is 0 Å². The molecule has 0 spiro atoms. The molecule has 5 rings (SSSR count). The second-order valence-corrected chi connectivity index (χ2v) is 8.01. The minimum atomic E-state index is 0.799. The van der Waals surface area contributed by atoms with E-state index in [2.05, 4.69) is 4.90 Å². The number of rotatable bonds is 4. The average molecular weight is 262 g/mol. The fourth-order valence-corrected chi connectivity index (χ4v) is 6.39. The van der Waals surface area contributed by atoms with E-state index in [0.717, 1.165) is 42.1 Å². The summed E-state index contributed by atoms with van der Waals surface area (Å²) in [5, 5.41) is 0. The van der Waals surface area contributed by atoms with Gasteiger partial charge in [0.15, 0.2) is 0 Å². The van der Waals surface area contributed by atoms with Gasteiger partial charge >= 0.3 is 0 Å². The van der Waals surface area contributed by atoms with Gasteiger partial charge in [0.25, 0.3) is 0 Å². The summed E-state index contributed by atoms with van der Waals surface area (Å²) in [5.74, 6) is 6.08. The van der Waals surface area contributed by atoms with Crippen LogP contribution in [0.15, 0.2) is 0 Å². The van der Waals surface area contributed by atoms with Crippen molar-refractivity contribution in [2.24, 2.45) is 41.2 Å². The Kier molecular flexibility index (Phi) is 3.35. The summed E-state index contributed by atoms with van der Waals surface area (Å²) < 4.78 is 0. The third-order valence-electron chi connectivity index (χ3n) is 6.84. The van der Waals surface area contributed by atoms with Crippen LogP contribution < -0.4 is 5.73 Å². The predicted octanol–water partition coefficient (Wildman–Crippen LogP) is 2.73. The molecule has 2 heteroatoms. The Bertz CT molecular complexity index is 293. The van der Waals surface area contributed by atoms with Crippen LogP contribution in [-0.2, 0) is 0 Å². The quantitative estimate of drug-likeness (QED) is 0.844. The van der Waals surface area contributed by atoms with E-state index in [-0.39, 0.29) is 0 Å². The van der Waals surface area contributed by atoms with E-state index in [9.17, 15) is 0 Å². The molecular weight excluding hydrogens is 232 g/mol. The number of hydrogen-bond donors (Lipinski definition) is 1. The Balaban J connectivity index is 1.47. The van der Waals surface area contributed by atoms with E-state index in [4.69, 9.17) is 5.73 Å². The molecule has 0 aromatic rings. The lowest BCUT2D eigenvalue weighted by Gasteiger charge is -2.56. The van der Waals surface area contributed by atoms with Gasteiger partial charge in [-0.05, 0) is 100 Å². The van der Waals surface area contributed by atoms with Crippen molar-refractivity contribution in [1.29, 1.82) is 0 Å². The van der Waals surface area contributed by atoms with Crippen molar-refractivity contribution in [3.63, 3.8) is 0 Å². The SMILES string of the molecule is NCC(CN1CCCC1)C1C2CC3CC(C2)CC1C3. The molecule has 4 bridgehead atoms. The lowest BCUT2D eigenvalue weighted by molar-refractivity contribution is -0.0642. The lowest BCUT2D eigenvalue weighted by atomic mass is 9.49. The van der Waals surface area contributed by atoms with Crippen LogP contribution in [0.3, 0.4) is 0 Å². The topological polar surface area (TPSA) is 29.3 Å². The van der Waals surface area contributed by atoms with Crippen LogP contribution in [-0.4, -0.2) is 31.1 Å². The molecule has 1 heterocycles. The fourth-order valence-electron chi connectivity index (χ4n) is 6.39. The van der Waals surface area contributed by atoms with Gasteiger partial charge in [0.1, 0.15) is 0 Å². The summed E-state index contributed by atoms with van der Waals surface area (Å²) in [4.78, 5) is 2.70. The molecule has 0 aromatic carbocycles. The third kappa shape index (κ3) is 2.25. The molecular formula is C17H30N2. The summed E-state index contributed by atoms with van der Waals surface area (Å²) in [5.41, 5.74) is 6.20. The first-order valence-corrected chi connectivity index (χ1v) is 8.76. The van der Waals surface area contributed by atoms with Crippen molar-refractivity contribution >= 4 is 0 Å². The summed E-state index contributed by atoms with van der Waals surface area (Å²) in [6.07, 6.45) is 10.6. The molecule has 4 aliphatic carbocycles. The fraction of sp³-hybridized carbons (Fsp3) is 1.00. The van der Waals surface area contributed by atoms with Gasteiger partial charge in [-0.1, -0.05) is 0 Å². The summed E-state index contributed by atoms with van der Waals surface area (Å²) >= 11 is 0. The van der Waals surface area contributed by atoms with E-state index < -0.39 is 0 Å². The van der Waals surface area contributed by atoms with Crippen LogP contribution in [0.1, 0.15) is 44.9 Å². The monoisotopic (exact) mass is 262 g/mol. The number of nitrogens with two attached hydrogens (primary N) is 1. The van der Waals surface area contributed by atoms with Gasteiger partial charge in [-0.3, -0.25) is 0 Å². The molecule has 1 unspecified atom stereocenters. The Morgan fingerprint density at radius 3 is 2.00 bits per heavy atom. The molecule has 0 aromatic heterocycles. The molecule has 2 N–H and O–H groups in total. The molecule has 0 radical (unpaired) electrons. The van der Waals surface area contributed by atoms with Crippen molar-refractivity contribution < 1.29 is 0 Å². The minimum Gasteiger partial charge on any atom is -0.330 e. The Hall–Kier alpha value is -0.0800. The third-order valence-corrected chi connectivity index (χ3v) is 6.84. The van der Waals surface area contributed by atoms with Crippen molar-refractivity contribution in [2.75, 3.05) is 26.2 Å². The maximum absolute atomic E-state index is 6.20. The molecule has 0 amide bonds. The zero-order valence-corrected chi connectivity index (χ0v) is 12.3. The van der Waals surface area contributed by atoms with Crippen LogP contribution in [0.5, 0.6) is 0 Å². The van der Waals surface area contributed by atoms with Crippen LogP contribution in [0.2, 0.25) is 0 Å². The Morgan fingerprint density at radius 2 is 1.47 bits per heavy atom. The maximum atomic E-state index is 6.20. The van der Waals surface area contributed by atoms with Gasteiger partial charge < -0.3 is 10.6 Å². The molecule has 4 saturated carbocycles. The van der Waals surface area contributed by atoms with E-state index in [1.165, 1.54) is 32.5 Å². The van der Waals surface area contributed by atoms with Crippen molar-refractivity contribution in [3.8, 4) is 0 Å². The smallest absolute Gasteiger partial charge is 0.00246 e. The molecule has 5 aliphatic rings. The molecule has 1 aliphatic heterocycles. The zero-order valence-electron chi connectivity index (χ0n) is 12.3. The molecule has 1 saturated heterocycles. The normalized spacial score (nSPS) is 46.9. The van der Waals surface area contributed by atoms with Crippen LogP contribution in [0.25, 0.3) is 0 Å². The van der Waals surface area contributed by atoms with E-state index >= 15 is 0 Å². The van der Waals surface area contributed by atoms with Crippen molar-refractivity contribution in [1.82, 2.24) is 4.90 Å². The Labute approximate surface area is 118 Å². The highest BCUT2D eigenvalue weighted by Gasteiger charge is 2.50. The first kappa shape index (κ1) is 12.6. The van der Waals surface area contributed by atoms with Gasteiger partial charge in [-0.15, -0.1) is 0 Å². The molecule has 108 valence electrons. The highest BCUT2D eigenvalue weighted by atomic mass is 15.1. The first-order chi connectivity index (χ1) is 9.33. The number of nitrogens with zero attached hydrogens (tertiary/aromatic N) is 1. The highest BCUT2D eigenvalue weighted by Crippen LogP contribution is 2.58. The van der Waals surface area contributed by atoms with Crippen LogP contribution in [0.4, 0.5) is 0 Å². The zero-order chi connectivity index (χ0) is 12.8. The van der Waals surface area contributed by atoms with E-state index in [1.54, 1.807) is 32.1 Å². The average Bonchev–Trinajstić information content (AvgIpc) is 2.89. The minimum absolute atomic E-state index is 0.799. The summed E-state index contributed by atoms with van der Waals surface area (Å²) in [6.45, 7) is 4.92. The summed E-state index contributed by atoms with van der Waals surface area (Å²) in [6, 6.07) is 0. The standard InChI is InChI=1S/C17H30N2/c18-10-16(11-19-3-1-2-4-19)17-14-6-12-5-13(8-14)9-15(17)7-12/h12-17H,1-11,18H2. The first-order valence-electron chi connectivity index (χ1n) is 8.76. The van der Waals surface area contributed by atoms with Gasteiger partial charge in [0, 0.05) is 6.54 Å². The van der Waals surface area contributed by atoms with Gasteiger partial charge in [0.05, 0.1) is 0 Å². The molecule has 1 atom stereocenters. The van der Waals surface area contributed by atoms with Gasteiger partial charge in [-0.2, -0.15) is 0 Å². The van der Waals surface area contributed by atoms with Gasteiger partial charge in [0.2, 0.25) is 0 Å². The molecule has 19 heavy (non-hydrogen) atoms. The van der Waals surface area contributed by atoms with Crippen molar-refractivity contribution in [2.45, 2.75) is 44.9 Å². The lowest BCUT2D eigenvalue weighted by Crippen LogP contribution is -2.51. The van der Waals surface area contributed by atoms with Crippen LogP contribution in [0, 0.1) is 35.5 Å². The number of hydrogen-bond acceptors (Lipinski definition) is 2. The van der Waals surface area contributed by atoms with Crippen LogP contribution >= 0.6 is 0 Å². The summed E-state index contributed by atoms with van der Waals surface area (Å²) in [7, 11) is 0. The molecule has 2 nitrogen and oxygen atoms in total.